The summed E-state index contributed by atoms with van der Waals surface area (Å²) < 4.78 is 5.13. The largest absolute Gasteiger partial charge is 0.462 e. The SMILES string of the molecule is O=C1OC2CCCCC1C2. The van der Waals surface area contributed by atoms with Gasteiger partial charge in [-0.05, 0) is 25.7 Å². The Balaban J connectivity index is 2.09. The van der Waals surface area contributed by atoms with Crippen LogP contribution in [0.25, 0.3) is 0 Å². The number of ether oxygens (including phenoxy) is 1. The number of carbonyl (C=O) groups is 1. The van der Waals surface area contributed by atoms with E-state index in [1.807, 2.05) is 0 Å². The molecule has 2 fully saturated rings. The predicted molar refractivity (Wildman–Crippen MR) is 36.5 cm³/mol. The topological polar surface area (TPSA) is 26.3 Å². The molecule has 2 bridgehead atoms. The molecule has 1 heterocycles. The third kappa shape index (κ3) is 0.917. The Labute approximate surface area is 60.6 Å². The number of esters is 1. The van der Waals surface area contributed by atoms with Gasteiger partial charge in [-0.15, -0.1) is 0 Å². The minimum atomic E-state index is 0.0599. The first-order chi connectivity index (χ1) is 4.86. The van der Waals surface area contributed by atoms with Crippen LogP contribution in [-0.2, 0) is 9.53 Å². The van der Waals surface area contributed by atoms with E-state index in [1.165, 1.54) is 12.8 Å². The summed E-state index contributed by atoms with van der Waals surface area (Å²) >= 11 is 0. The fourth-order valence-electron chi connectivity index (χ4n) is 1.90. The van der Waals surface area contributed by atoms with Gasteiger partial charge in [0.25, 0.3) is 0 Å². The molecule has 56 valence electrons. The molecular weight excluding hydrogens is 128 g/mol. The normalized spacial score (nSPS) is 39.0. The van der Waals surface area contributed by atoms with Gasteiger partial charge in [0.2, 0.25) is 0 Å². The molecule has 2 unspecified atom stereocenters. The highest BCUT2D eigenvalue weighted by Gasteiger charge is 2.35. The number of hydrogen-bond acceptors (Lipinski definition) is 2. The molecule has 0 radical (unpaired) electrons. The van der Waals surface area contributed by atoms with E-state index < -0.39 is 0 Å². The molecule has 0 N–H and O–H groups in total. The molecule has 2 atom stereocenters. The van der Waals surface area contributed by atoms with Crippen LogP contribution in [-0.4, -0.2) is 12.1 Å². The lowest BCUT2D eigenvalue weighted by molar-refractivity contribution is -0.145. The number of fused-ring (bicyclic) bond motifs is 2. The first-order valence-electron chi connectivity index (χ1n) is 4.07. The summed E-state index contributed by atoms with van der Waals surface area (Å²) in [5.74, 6) is 0.317. The zero-order valence-corrected chi connectivity index (χ0v) is 6.01. The highest BCUT2D eigenvalue weighted by Crippen LogP contribution is 2.32. The van der Waals surface area contributed by atoms with Gasteiger partial charge in [-0.2, -0.15) is 0 Å². The Kier molecular flexibility index (Phi) is 1.40. The zero-order chi connectivity index (χ0) is 6.97. The summed E-state index contributed by atoms with van der Waals surface area (Å²) in [7, 11) is 0. The van der Waals surface area contributed by atoms with Crippen LogP contribution in [0.1, 0.15) is 32.1 Å². The van der Waals surface area contributed by atoms with Gasteiger partial charge in [-0.1, -0.05) is 6.42 Å². The molecule has 1 saturated carbocycles. The van der Waals surface area contributed by atoms with Crippen LogP contribution < -0.4 is 0 Å². The first-order valence-corrected chi connectivity index (χ1v) is 4.07. The Morgan fingerprint density at radius 1 is 1.30 bits per heavy atom. The van der Waals surface area contributed by atoms with Crippen molar-refractivity contribution >= 4 is 5.97 Å². The summed E-state index contributed by atoms with van der Waals surface area (Å²) in [5, 5.41) is 0. The van der Waals surface area contributed by atoms with Crippen LogP contribution in [0.3, 0.4) is 0 Å². The lowest BCUT2D eigenvalue weighted by atomic mass is 10.0. The maximum atomic E-state index is 11.0. The molecule has 2 nitrogen and oxygen atoms in total. The van der Waals surface area contributed by atoms with E-state index in [2.05, 4.69) is 0 Å². The molecule has 1 aliphatic carbocycles. The monoisotopic (exact) mass is 140 g/mol. The van der Waals surface area contributed by atoms with Crippen molar-refractivity contribution in [2.75, 3.05) is 0 Å². The van der Waals surface area contributed by atoms with Crippen LogP contribution in [0, 0.1) is 5.92 Å². The fourth-order valence-corrected chi connectivity index (χ4v) is 1.90. The second-order valence-electron chi connectivity index (χ2n) is 3.28. The lowest BCUT2D eigenvalue weighted by Crippen LogP contribution is -2.09. The molecule has 2 heteroatoms. The van der Waals surface area contributed by atoms with E-state index in [9.17, 15) is 4.79 Å². The fraction of sp³-hybridized carbons (Fsp3) is 0.875. The third-order valence-electron chi connectivity index (χ3n) is 2.49. The number of rotatable bonds is 0. The molecule has 2 rings (SSSR count). The molecule has 10 heavy (non-hydrogen) atoms. The van der Waals surface area contributed by atoms with Crippen molar-refractivity contribution in [3.8, 4) is 0 Å². The van der Waals surface area contributed by atoms with Crippen molar-refractivity contribution in [3.05, 3.63) is 0 Å². The molecule has 1 saturated heterocycles. The Hall–Kier alpha value is -0.530. The molecule has 0 amide bonds. The predicted octanol–water partition coefficient (Wildman–Crippen LogP) is 1.49. The van der Waals surface area contributed by atoms with E-state index in [4.69, 9.17) is 4.74 Å². The number of carbonyl (C=O) groups excluding carboxylic acids is 1. The van der Waals surface area contributed by atoms with E-state index in [0.29, 0.717) is 0 Å². The highest BCUT2D eigenvalue weighted by molar-refractivity contribution is 5.74. The van der Waals surface area contributed by atoms with E-state index in [-0.39, 0.29) is 18.0 Å². The summed E-state index contributed by atoms with van der Waals surface area (Å²) in [6, 6.07) is 0. The van der Waals surface area contributed by atoms with Crippen molar-refractivity contribution in [2.24, 2.45) is 5.92 Å². The van der Waals surface area contributed by atoms with Gasteiger partial charge in [0.15, 0.2) is 0 Å². The van der Waals surface area contributed by atoms with Crippen molar-refractivity contribution < 1.29 is 9.53 Å². The van der Waals surface area contributed by atoms with Crippen LogP contribution in [0.4, 0.5) is 0 Å². The molecule has 0 aromatic carbocycles. The Morgan fingerprint density at radius 3 is 3.00 bits per heavy atom. The van der Waals surface area contributed by atoms with Crippen molar-refractivity contribution in [1.29, 1.82) is 0 Å². The maximum Gasteiger partial charge on any atom is 0.309 e. The maximum absolute atomic E-state index is 11.0. The summed E-state index contributed by atoms with van der Waals surface area (Å²) in [4.78, 5) is 11.0. The van der Waals surface area contributed by atoms with Crippen molar-refractivity contribution in [2.45, 2.75) is 38.2 Å². The van der Waals surface area contributed by atoms with Crippen LogP contribution in [0.15, 0.2) is 0 Å². The first kappa shape index (κ1) is 6.20. The van der Waals surface area contributed by atoms with Gasteiger partial charge in [0.1, 0.15) is 6.10 Å². The third-order valence-corrected chi connectivity index (χ3v) is 2.49. The molecule has 0 aromatic rings. The Bertz CT molecular complexity index is 153. The quantitative estimate of drug-likeness (QED) is 0.476. The second kappa shape index (κ2) is 2.26. The lowest BCUT2D eigenvalue weighted by Gasteiger charge is -2.07. The molecule has 0 spiro atoms. The van der Waals surface area contributed by atoms with Gasteiger partial charge in [-0.3, -0.25) is 4.79 Å². The van der Waals surface area contributed by atoms with Crippen LogP contribution in [0.2, 0.25) is 0 Å². The van der Waals surface area contributed by atoms with Crippen LogP contribution in [0.5, 0.6) is 0 Å². The minimum absolute atomic E-state index is 0.0599. The van der Waals surface area contributed by atoms with Crippen molar-refractivity contribution in [3.63, 3.8) is 0 Å². The highest BCUT2D eigenvalue weighted by atomic mass is 16.5. The standard InChI is InChI=1S/C8H12O2/c9-8-6-3-1-2-4-7(5-6)10-8/h6-7H,1-5H2. The van der Waals surface area contributed by atoms with Gasteiger partial charge < -0.3 is 4.74 Å². The average Bonchev–Trinajstić information content (AvgIpc) is 2.18. The molecule has 0 aromatic heterocycles. The zero-order valence-electron chi connectivity index (χ0n) is 6.01. The van der Waals surface area contributed by atoms with Crippen LogP contribution >= 0.6 is 0 Å². The Morgan fingerprint density at radius 2 is 2.10 bits per heavy atom. The number of hydrogen-bond donors (Lipinski definition) is 0. The van der Waals surface area contributed by atoms with Crippen molar-refractivity contribution in [1.82, 2.24) is 0 Å². The second-order valence-corrected chi connectivity index (χ2v) is 3.28. The minimum Gasteiger partial charge on any atom is -0.462 e. The van der Waals surface area contributed by atoms with Gasteiger partial charge in [-0.25, -0.2) is 0 Å². The summed E-state index contributed by atoms with van der Waals surface area (Å²) in [6.45, 7) is 0. The summed E-state index contributed by atoms with van der Waals surface area (Å²) in [6.07, 6.45) is 5.90. The average molecular weight is 140 g/mol. The summed E-state index contributed by atoms with van der Waals surface area (Å²) in [5.41, 5.74) is 0. The molecule has 1 aliphatic heterocycles. The van der Waals surface area contributed by atoms with Gasteiger partial charge in [0.05, 0.1) is 5.92 Å². The molecule has 2 aliphatic rings. The molecular formula is C8H12O2. The van der Waals surface area contributed by atoms with Gasteiger partial charge >= 0.3 is 5.97 Å². The van der Waals surface area contributed by atoms with E-state index >= 15 is 0 Å². The van der Waals surface area contributed by atoms with Gasteiger partial charge in [0, 0.05) is 0 Å². The smallest absolute Gasteiger partial charge is 0.309 e. The van der Waals surface area contributed by atoms with E-state index in [0.717, 1.165) is 19.3 Å². The van der Waals surface area contributed by atoms with E-state index in [1.54, 1.807) is 0 Å².